The molecular formula is C38H42ClN3O9. The highest BCUT2D eigenvalue weighted by molar-refractivity contribution is 6.32. The van der Waals surface area contributed by atoms with Crippen molar-refractivity contribution in [1.29, 1.82) is 0 Å². The van der Waals surface area contributed by atoms with E-state index in [1.54, 1.807) is 48.4 Å². The first-order valence-corrected chi connectivity index (χ1v) is 17.3. The number of hydrogen-bond donors (Lipinski definition) is 2. The number of benzene rings is 3. The van der Waals surface area contributed by atoms with E-state index in [2.05, 4.69) is 0 Å². The Morgan fingerprint density at radius 3 is 2.06 bits per heavy atom. The number of ether oxygens (including phenoxy) is 4. The number of halogens is 1. The monoisotopic (exact) mass is 719 g/mol. The highest BCUT2D eigenvalue weighted by Crippen LogP contribution is 2.41. The van der Waals surface area contributed by atoms with Crippen molar-refractivity contribution in [2.75, 3.05) is 46.6 Å². The number of aryl methyl sites for hydroxylation is 2. The van der Waals surface area contributed by atoms with Crippen LogP contribution in [-0.4, -0.2) is 108 Å². The molecule has 12 nitrogen and oxygen atoms in total. The second kappa shape index (κ2) is 15.4. The van der Waals surface area contributed by atoms with Gasteiger partial charge in [-0.3, -0.25) is 9.69 Å². The van der Waals surface area contributed by atoms with Gasteiger partial charge in [0.15, 0.2) is 0 Å². The molecule has 2 heterocycles. The summed E-state index contributed by atoms with van der Waals surface area (Å²) in [6.45, 7) is 4.90. The van der Waals surface area contributed by atoms with Gasteiger partial charge in [-0.1, -0.05) is 23.7 Å². The molecule has 0 unspecified atom stereocenters. The molecule has 13 heteroatoms. The van der Waals surface area contributed by atoms with Crippen LogP contribution < -0.4 is 18.9 Å². The Hall–Kier alpha value is -5.10. The lowest BCUT2D eigenvalue weighted by atomic mass is 9.81. The fourth-order valence-corrected chi connectivity index (χ4v) is 7.02. The SMILES string of the molecule is COc1ccc(OCCN(C(=O)C2=C(c3ccc(OCCOc4cc(C)c(C)cc4Cl)cc3)C[C@@H]3CN(C(=O)O)C[C@H]2N3C(=O)O)C2CC2)cc1. The van der Waals surface area contributed by atoms with Crippen LogP contribution in [-0.2, 0) is 4.79 Å². The molecule has 0 aromatic heterocycles. The van der Waals surface area contributed by atoms with E-state index >= 15 is 0 Å². The second-order valence-electron chi connectivity index (χ2n) is 13.0. The largest absolute Gasteiger partial charge is 0.497 e. The van der Waals surface area contributed by atoms with Gasteiger partial charge in [0.2, 0.25) is 0 Å². The molecule has 3 aliphatic rings. The molecule has 51 heavy (non-hydrogen) atoms. The fraction of sp³-hybridized carbons (Fsp3) is 0.395. The molecule has 2 bridgehead atoms. The molecule has 270 valence electrons. The molecule has 0 radical (unpaired) electrons. The molecule has 2 aliphatic heterocycles. The van der Waals surface area contributed by atoms with E-state index in [9.17, 15) is 24.6 Å². The minimum Gasteiger partial charge on any atom is -0.497 e. The van der Waals surface area contributed by atoms with Crippen LogP contribution in [0.3, 0.4) is 0 Å². The van der Waals surface area contributed by atoms with Crippen molar-refractivity contribution in [3.05, 3.63) is 87.9 Å². The number of methoxy groups -OCH3 is 1. The van der Waals surface area contributed by atoms with E-state index in [1.807, 2.05) is 38.1 Å². The van der Waals surface area contributed by atoms with E-state index in [0.29, 0.717) is 39.2 Å². The molecule has 0 spiro atoms. The third-order valence-electron chi connectivity index (χ3n) is 9.64. The van der Waals surface area contributed by atoms with Crippen molar-refractivity contribution in [3.63, 3.8) is 0 Å². The summed E-state index contributed by atoms with van der Waals surface area (Å²) in [5.74, 6) is 2.21. The Labute approximate surface area is 301 Å². The van der Waals surface area contributed by atoms with E-state index in [0.717, 1.165) is 29.5 Å². The van der Waals surface area contributed by atoms with Crippen LogP contribution in [0.25, 0.3) is 5.57 Å². The molecule has 1 saturated carbocycles. The number of carboxylic acid groups (broad SMARTS) is 2. The predicted molar refractivity (Wildman–Crippen MR) is 190 cm³/mol. The van der Waals surface area contributed by atoms with Gasteiger partial charge in [0.25, 0.3) is 5.91 Å². The summed E-state index contributed by atoms with van der Waals surface area (Å²) in [5.41, 5.74) is 3.91. The van der Waals surface area contributed by atoms with Gasteiger partial charge in [0, 0.05) is 24.7 Å². The number of amides is 3. The number of carbonyl (C=O) groups excluding carboxylic acids is 1. The summed E-state index contributed by atoms with van der Waals surface area (Å²) in [6.07, 6.45) is -0.519. The maximum atomic E-state index is 14.6. The Bertz CT molecular complexity index is 1790. The van der Waals surface area contributed by atoms with E-state index in [4.69, 9.17) is 30.5 Å². The minimum absolute atomic E-state index is 0.0108. The molecule has 2 fully saturated rings. The van der Waals surface area contributed by atoms with Crippen molar-refractivity contribution < 1.29 is 43.5 Å². The quantitative estimate of drug-likeness (QED) is 0.193. The van der Waals surface area contributed by atoms with Crippen LogP contribution in [0.15, 0.2) is 66.2 Å². The number of rotatable bonds is 13. The number of piperazine rings is 1. The Morgan fingerprint density at radius 2 is 1.43 bits per heavy atom. The van der Waals surface area contributed by atoms with Crippen molar-refractivity contribution in [3.8, 4) is 23.0 Å². The van der Waals surface area contributed by atoms with Gasteiger partial charge in [0.1, 0.15) is 42.8 Å². The van der Waals surface area contributed by atoms with Crippen molar-refractivity contribution in [2.45, 2.75) is 51.2 Å². The lowest BCUT2D eigenvalue weighted by Crippen LogP contribution is -2.65. The minimum atomic E-state index is -1.19. The van der Waals surface area contributed by atoms with Crippen LogP contribution >= 0.6 is 11.6 Å². The average Bonchev–Trinajstić information content (AvgIpc) is 3.95. The maximum Gasteiger partial charge on any atom is 0.408 e. The molecule has 3 aromatic rings. The zero-order valence-corrected chi connectivity index (χ0v) is 29.6. The second-order valence-corrected chi connectivity index (χ2v) is 13.4. The van der Waals surface area contributed by atoms with Crippen LogP contribution in [0.1, 0.15) is 36.0 Å². The molecular weight excluding hydrogens is 678 g/mol. The van der Waals surface area contributed by atoms with Crippen molar-refractivity contribution in [2.24, 2.45) is 0 Å². The standard InChI is InChI=1S/C38H42ClN3O9/c1-23-18-32(39)34(19-24(23)2)51-17-16-50-29-8-4-25(5-9-29)31-20-27-21-40(37(44)45)22-33(42(27)38(46)47)35(31)36(43)41(26-6-7-26)14-15-49-30-12-10-28(48-3)11-13-30/h4-5,8-13,18-19,26-27,33H,6-7,14-17,20-22H2,1-3H3,(H,44,45)(H,46,47)/t27-,33-/m1/s1. The molecule has 2 N–H and O–H groups in total. The van der Waals surface area contributed by atoms with Gasteiger partial charge < -0.3 is 39.0 Å². The van der Waals surface area contributed by atoms with Gasteiger partial charge in [-0.15, -0.1) is 0 Å². The highest BCUT2D eigenvalue weighted by Gasteiger charge is 2.49. The third-order valence-corrected chi connectivity index (χ3v) is 9.94. The first-order chi connectivity index (χ1) is 24.5. The first-order valence-electron chi connectivity index (χ1n) is 17.0. The van der Waals surface area contributed by atoms with E-state index < -0.39 is 24.3 Å². The van der Waals surface area contributed by atoms with Crippen LogP contribution in [0.2, 0.25) is 5.02 Å². The lowest BCUT2D eigenvalue weighted by Gasteiger charge is -2.49. The van der Waals surface area contributed by atoms with Gasteiger partial charge in [0.05, 0.1) is 30.8 Å². The molecule has 3 aromatic carbocycles. The first kappa shape index (κ1) is 35.7. The van der Waals surface area contributed by atoms with Crippen LogP contribution in [0, 0.1) is 13.8 Å². The average molecular weight is 720 g/mol. The molecule has 1 saturated heterocycles. The third kappa shape index (κ3) is 8.12. The zero-order valence-electron chi connectivity index (χ0n) is 28.8. The molecule has 1 aliphatic carbocycles. The Balaban J connectivity index is 1.23. The number of nitrogens with zero attached hydrogens (tertiary/aromatic N) is 3. The highest BCUT2D eigenvalue weighted by atomic mass is 35.5. The summed E-state index contributed by atoms with van der Waals surface area (Å²) in [5, 5.41) is 20.7. The van der Waals surface area contributed by atoms with Crippen LogP contribution in [0.5, 0.6) is 23.0 Å². The number of carbonyl (C=O) groups is 3. The van der Waals surface area contributed by atoms with Gasteiger partial charge in [-0.2, -0.15) is 0 Å². The smallest absolute Gasteiger partial charge is 0.408 e. The summed E-state index contributed by atoms with van der Waals surface area (Å²) in [7, 11) is 1.59. The molecule has 3 amide bonds. The van der Waals surface area contributed by atoms with Gasteiger partial charge in [-0.25, -0.2) is 9.59 Å². The summed E-state index contributed by atoms with van der Waals surface area (Å²) >= 11 is 6.33. The van der Waals surface area contributed by atoms with Gasteiger partial charge in [-0.05, 0) is 104 Å². The molecule has 2 atom stereocenters. The van der Waals surface area contributed by atoms with Crippen LogP contribution in [0.4, 0.5) is 9.59 Å². The fourth-order valence-electron chi connectivity index (χ4n) is 6.75. The van der Waals surface area contributed by atoms with Crippen molar-refractivity contribution in [1.82, 2.24) is 14.7 Å². The summed E-state index contributed by atoms with van der Waals surface area (Å²) in [6, 6.07) is 16.6. The maximum absolute atomic E-state index is 14.6. The van der Waals surface area contributed by atoms with E-state index in [-0.39, 0.29) is 57.8 Å². The van der Waals surface area contributed by atoms with Crippen molar-refractivity contribution >= 4 is 35.3 Å². The van der Waals surface area contributed by atoms with E-state index in [1.165, 1.54) is 9.80 Å². The zero-order chi connectivity index (χ0) is 36.2. The molecule has 6 rings (SSSR count). The normalized spacial score (nSPS) is 18.3. The van der Waals surface area contributed by atoms with Gasteiger partial charge >= 0.3 is 12.2 Å². The Kier molecular flexibility index (Phi) is 10.8. The lowest BCUT2D eigenvalue weighted by molar-refractivity contribution is -0.129. The number of fused-ring (bicyclic) bond motifs is 2. The topological polar surface area (TPSA) is 138 Å². The predicted octanol–water partition coefficient (Wildman–Crippen LogP) is 6.36. The summed E-state index contributed by atoms with van der Waals surface area (Å²) < 4.78 is 23.0. The Morgan fingerprint density at radius 1 is 0.824 bits per heavy atom. The summed E-state index contributed by atoms with van der Waals surface area (Å²) in [4.78, 5) is 43.6. The number of hydrogen-bond acceptors (Lipinski definition) is 7.